The summed E-state index contributed by atoms with van der Waals surface area (Å²) in [6.45, 7) is 2.81. The number of aryl methyl sites for hydroxylation is 1. The smallest absolute Gasteiger partial charge is 0.274 e. The molecule has 0 radical (unpaired) electrons. The van der Waals surface area contributed by atoms with Crippen LogP contribution in [0.1, 0.15) is 44.4 Å². The van der Waals surface area contributed by atoms with Gasteiger partial charge in [0.25, 0.3) is 11.8 Å². The van der Waals surface area contributed by atoms with Crippen LogP contribution in [0.3, 0.4) is 0 Å². The third-order valence-electron chi connectivity index (χ3n) is 7.01. The van der Waals surface area contributed by atoms with E-state index < -0.39 is 11.7 Å². The second-order valence-corrected chi connectivity index (χ2v) is 9.27. The lowest BCUT2D eigenvalue weighted by molar-refractivity contribution is 0.0935. The number of nitrogens with one attached hydrogen (secondary N) is 2. The van der Waals surface area contributed by atoms with Crippen LogP contribution in [0.2, 0.25) is 0 Å². The number of carbonyl (C=O) groups is 2. The van der Waals surface area contributed by atoms with Crippen molar-refractivity contribution in [3.05, 3.63) is 95.2 Å². The lowest BCUT2D eigenvalue weighted by atomic mass is 10.1. The van der Waals surface area contributed by atoms with Crippen molar-refractivity contribution >= 4 is 28.8 Å². The number of amides is 2. The number of fused-ring (bicyclic) bond motifs is 2. The number of rotatable bonds is 5. The molecular formula is C28H26FN5O3. The third-order valence-corrected chi connectivity index (χ3v) is 7.01. The summed E-state index contributed by atoms with van der Waals surface area (Å²) in [5, 5.41) is 5.66. The summed E-state index contributed by atoms with van der Waals surface area (Å²) in [5.74, 6) is -1.46. The second kappa shape index (κ2) is 9.67. The Labute approximate surface area is 213 Å². The number of aromatic nitrogens is 2. The highest BCUT2D eigenvalue weighted by atomic mass is 19.1. The lowest BCUT2D eigenvalue weighted by Gasteiger charge is -2.28. The molecule has 1 aliphatic heterocycles. The van der Waals surface area contributed by atoms with E-state index in [1.165, 1.54) is 30.0 Å². The standard InChI is InChI=1S/C28H26FN5O3/c29-22-8-5-19(27(35)31-23-9-6-18-3-1-2-4-21(18)23)15-24(22)32-28(36)25-16-30-26-10-7-20(17-34(25)26)33-11-13-37-14-12-33/h1-5,7-8,10,15-17,23H,6,9,11-14H2,(H,31,35)(H,32,36). The summed E-state index contributed by atoms with van der Waals surface area (Å²) >= 11 is 0. The minimum Gasteiger partial charge on any atom is -0.378 e. The van der Waals surface area contributed by atoms with Gasteiger partial charge in [-0.2, -0.15) is 0 Å². The Morgan fingerprint density at radius 1 is 1.03 bits per heavy atom. The minimum absolute atomic E-state index is 0.0660. The van der Waals surface area contributed by atoms with Crippen molar-refractivity contribution in [2.24, 2.45) is 0 Å². The topological polar surface area (TPSA) is 88.0 Å². The summed E-state index contributed by atoms with van der Waals surface area (Å²) in [5.41, 5.74) is 4.36. The molecule has 0 bridgehead atoms. The van der Waals surface area contributed by atoms with E-state index in [-0.39, 0.29) is 28.9 Å². The zero-order chi connectivity index (χ0) is 25.4. The SMILES string of the molecule is O=C(NC1CCc2ccccc21)c1ccc(F)c(NC(=O)c2cnc3ccc(N4CCOCC4)cn23)c1. The van der Waals surface area contributed by atoms with Crippen molar-refractivity contribution in [3.63, 3.8) is 0 Å². The highest BCUT2D eigenvalue weighted by Crippen LogP contribution is 2.31. The van der Waals surface area contributed by atoms with Crippen molar-refractivity contribution in [2.75, 3.05) is 36.5 Å². The molecule has 3 heterocycles. The van der Waals surface area contributed by atoms with Crippen molar-refractivity contribution in [2.45, 2.75) is 18.9 Å². The summed E-state index contributed by atoms with van der Waals surface area (Å²) in [7, 11) is 0. The number of morpholine rings is 1. The number of ether oxygens (including phenoxy) is 1. The summed E-state index contributed by atoms with van der Waals surface area (Å²) in [4.78, 5) is 32.6. The van der Waals surface area contributed by atoms with Gasteiger partial charge in [0.1, 0.15) is 17.2 Å². The second-order valence-electron chi connectivity index (χ2n) is 9.27. The molecule has 1 aliphatic carbocycles. The average molecular weight is 500 g/mol. The van der Waals surface area contributed by atoms with Crippen molar-refractivity contribution in [1.29, 1.82) is 0 Å². The number of pyridine rings is 1. The fraction of sp³-hybridized carbons (Fsp3) is 0.250. The Hall–Kier alpha value is -4.24. The van der Waals surface area contributed by atoms with Gasteiger partial charge in [-0.1, -0.05) is 24.3 Å². The van der Waals surface area contributed by atoms with Gasteiger partial charge in [-0.3, -0.25) is 14.0 Å². The number of halogens is 1. The zero-order valence-corrected chi connectivity index (χ0v) is 20.1. The molecule has 1 saturated heterocycles. The Morgan fingerprint density at radius 3 is 2.73 bits per heavy atom. The lowest BCUT2D eigenvalue weighted by Crippen LogP contribution is -2.36. The monoisotopic (exact) mass is 499 g/mol. The first-order valence-electron chi connectivity index (χ1n) is 12.4. The van der Waals surface area contributed by atoms with Crippen molar-refractivity contribution < 1.29 is 18.7 Å². The largest absolute Gasteiger partial charge is 0.378 e. The van der Waals surface area contributed by atoms with Gasteiger partial charge < -0.3 is 20.3 Å². The molecule has 4 aromatic rings. The molecule has 2 amide bonds. The van der Waals surface area contributed by atoms with E-state index in [4.69, 9.17) is 4.74 Å². The summed E-state index contributed by atoms with van der Waals surface area (Å²) in [6.07, 6.45) is 5.02. The fourth-order valence-electron chi connectivity index (χ4n) is 5.04. The maximum atomic E-state index is 14.7. The molecule has 2 N–H and O–H groups in total. The van der Waals surface area contributed by atoms with E-state index in [1.807, 2.05) is 36.5 Å². The molecule has 1 fully saturated rings. The van der Waals surface area contributed by atoms with E-state index in [1.54, 1.807) is 4.40 Å². The van der Waals surface area contributed by atoms with E-state index in [2.05, 4.69) is 26.6 Å². The molecule has 2 aromatic carbocycles. The highest BCUT2D eigenvalue weighted by molar-refractivity contribution is 6.04. The first kappa shape index (κ1) is 23.2. The molecule has 9 heteroatoms. The number of imidazole rings is 1. The Bertz CT molecular complexity index is 1490. The van der Waals surface area contributed by atoms with Crippen LogP contribution in [0.5, 0.6) is 0 Å². The molecule has 1 unspecified atom stereocenters. The normalized spacial score (nSPS) is 17.0. The maximum Gasteiger partial charge on any atom is 0.274 e. The van der Waals surface area contributed by atoms with Gasteiger partial charge in [0.2, 0.25) is 0 Å². The third kappa shape index (κ3) is 4.53. The van der Waals surface area contributed by atoms with Gasteiger partial charge in [-0.25, -0.2) is 9.37 Å². The van der Waals surface area contributed by atoms with Gasteiger partial charge in [0.05, 0.1) is 36.8 Å². The van der Waals surface area contributed by atoms with E-state index in [0.29, 0.717) is 18.9 Å². The van der Waals surface area contributed by atoms with Crippen LogP contribution in [0.4, 0.5) is 15.8 Å². The maximum absolute atomic E-state index is 14.7. The number of anilines is 2. The van der Waals surface area contributed by atoms with Crippen LogP contribution in [-0.2, 0) is 11.2 Å². The first-order chi connectivity index (χ1) is 18.1. The molecule has 8 nitrogen and oxygen atoms in total. The molecule has 0 spiro atoms. The van der Waals surface area contributed by atoms with Crippen LogP contribution >= 0.6 is 0 Å². The highest BCUT2D eigenvalue weighted by Gasteiger charge is 2.24. The van der Waals surface area contributed by atoms with Crippen LogP contribution in [0, 0.1) is 5.82 Å². The number of hydrogen-bond acceptors (Lipinski definition) is 5. The molecular weight excluding hydrogens is 473 g/mol. The Morgan fingerprint density at radius 2 is 1.86 bits per heavy atom. The van der Waals surface area contributed by atoms with Crippen molar-refractivity contribution in [3.8, 4) is 0 Å². The molecule has 188 valence electrons. The zero-order valence-electron chi connectivity index (χ0n) is 20.1. The minimum atomic E-state index is -0.626. The molecule has 2 aromatic heterocycles. The van der Waals surface area contributed by atoms with E-state index in [0.717, 1.165) is 37.2 Å². The average Bonchev–Trinajstić information content (AvgIpc) is 3.54. The van der Waals surface area contributed by atoms with Crippen molar-refractivity contribution in [1.82, 2.24) is 14.7 Å². The molecule has 6 rings (SSSR count). The predicted octanol–water partition coefficient (Wildman–Crippen LogP) is 3.98. The van der Waals surface area contributed by atoms with Gasteiger partial charge in [-0.05, 0) is 54.3 Å². The summed E-state index contributed by atoms with van der Waals surface area (Å²) in [6, 6.07) is 15.7. The van der Waals surface area contributed by atoms with Crippen LogP contribution in [0.15, 0.2) is 67.0 Å². The van der Waals surface area contributed by atoms with Crippen LogP contribution in [0.25, 0.3) is 5.65 Å². The predicted molar refractivity (Wildman–Crippen MR) is 138 cm³/mol. The first-order valence-corrected chi connectivity index (χ1v) is 12.4. The summed E-state index contributed by atoms with van der Waals surface area (Å²) < 4.78 is 21.8. The van der Waals surface area contributed by atoms with Crippen LogP contribution in [-0.4, -0.2) is 47.5 Å². The quantitative estimate of drug-likeness (QED) is 0.434. The fourth-order valence-corrected chi connectivity index (χ4v) is 5.04. The van der Waals surface area contributed by atoms with Gasteiger partial charge >= 0.3 is 0 Å². The van der Waals surface area contributed by atoms with E-state index >= 15 is 0 Å². The number of hydrogen-bond donors (Lipinski definition) is 2. The van der Waals surface area contributed by atoms with Gasteiger partial charge in [0.15, 0.2) is 0 Å². The number of benzene rings is 2. The molecule has 1 atom stereocenters. The number of carbonyl (C=O) groups excluding carboxylic acids is 2. The molecule has 2 aliphatic rings. The molecule has 0 saturated carbocycles. The van der Waals surface area contributed by atoms with E-state index in [9.17, 15) is 14.0 Å². The van der Waals surface area contributed by atoms with Crippen LogP contribution < -0.4 is 15.5 Å². The van der Waals surface area contributed by atoms with Gasteiger partial charge in [-0.15, -0.1) is 0 Å². The van der Waals surface area contributed by atoms with Gasteiger partial charge in [0, 0.05) is 24.8 Å². The Balaban J connectivity index is 1.21. The Kier molecular flexibility index (Phi) is 6.05. The number of nitrogens with zero attached hydrogens (tertiary/aromatic N) is 3. The molecule has 37 heavy (non-hydrogen) atoms.